The summed E-state index contributed by atoms with van der Waals surface area (Å²) in [5.41, 5.74) is 1.85. The first-order valence-electron chi connectivity index (χ1n) is 7.00. The first-order valence-corrected chi connectivity index (χ1v) is 7.00. The van der Waals surface area contributed by atoms with E-state index in [1.807, 2.05) is 13.0 Å². The van der Waals surface area contributed by atoms with Crippen molar-refractivity contribution in [3.8, 4) is 0 Å². The maximum Gasteiger partial charge on any atom is 0.337 e. The summed E-state index contributed by atoms with van der Waals surface area (Å²) in [6.07, 6.45) is 0.786. The standard InChI is InChI=1S/C16H22N2O2/c1-6-13-17-12-9-7-8-11(15(19)20)14(12)18(13)10(2)16(3,4)5/h7-10H,6H2,1-5H3,(H,19,20). The number of aromatic carboxylic acids is 1. The average molecular weight is 274 g/mol. The van der Waals surface area contributed by atoms with E-state index in [1.54, 1.807) is 12.1 Å². The van der Waals surface area contributed by atoms with Crippen LogP contribution in [-0.2, 0) is 6.42 Å². The summed E-state index contributed by atoms with van der Waals surface area (Å²) in [4.78, 5) is 16.1. The zero-order chi connectivity index (χ0) is 15.1. The second kappa shape index (κ2) is 4.93. The van der Waals surface area contributed by atoms with Gasteiger partial charge in [0, 0.05) is 12.5 Å². The van der Waals surface area contributed by atoms with Crippen molar-refractivity contribution in [1.82, 2.24) is 9.55 Å². The number of carbonyl (C=O) groups is 1. The number of fused-ring (bicyclic) bond motifs is 1. The smallest absolute Gasteiger partial charge is 0.337 e. The van der Waals surface area contributed by atoms with E-state index in [1.165, 1.54) is 0 Å². The van der Waals surface area contributed by atoms with Crippen molar-refractivity contribution in [2.75, 3.05) is 0 Å². The molecule has 0 spiro atoms. The Hall–Kier alpha value is -1.84. The number of aryl methyl sites for hydroxylation is 1. The summed E-state index contributed by atoms with van der Waals surface area (Å²) < 4.78 is 2.10. The number of aromatic nitrogens is 2. The molecule has 4 heteroatoms. The molecule has 0 fully saturated rings. The van der Waals surface area contributed by atoms with Crippen molar-refractivity contribution in [2.24, 2.45) is 5.41 Å². The predicted molar refractivity (Wildman–Crippen MR) is 80.2 cm³/mol. The molecule has 2 rings (SSSR count). The lowest BCUT2D eigenvalue weighted by Gasteiger charge is -2.30. The van der Waals surface area contributed by atoms with E-state index in [4.69, 9.17) is 0 Å². The Kier molecular flexibility index (Phi) is 3.59. The number of nitrogens with zero attached hydrogens (tertiary/aromatic N) is 2. The van der Waals surface area contributed by atoms with Crippen LogP contribution >= 0.6 is 0 Å². The van der Waals surface area contributed by atoms with Gasteiger partial charge < -0.3 is 9.67 Å². The Balaban J connectivity index is 2.83. The number of rotatable bonds is 3. The second-order valence-electron chi connectivity index (χ2n) is 6.27. The van der Waals surface area contributed by atoms with Gasteiger partial charge in [0.25, 0.3) is 0 Å². The number of hydrogen-bond donors (Lipinski definition) is 1. The van der Waals surface area contributed by atoms with Gasteiger partial charge >= 0.3 is 5.97 Å². The maximum absolute atomic E-state index is 11.5. The van der Waals surface area contributed by atoms with Gasteiger partial charge in [-0.15, -0.1) is 0 Å². The summed E-state index contributed by atoms with van der Waals surface area (Å²) in [5.74, 6) is 0.0386. The van der Waals surface area contributed by atoms with E-state index in [-0.39, 0.29) is 11.5 Å². The summed E-state index contributed by atoms with van der Waals surface area (Å²) >= 11 is 0. The number of benzene rings is 1. The predicted octanol–water partition coefficient (Wildman–Crippen LogP) is 3.90. The van der Waals surface area contributed by atoms with Crippen LogP contribution < -0.4 is 0 Å². The lowest BCUT2D eigenvalue weighted by molar-refractivity contribution is 0.0698. The summed E-state index contributed by atoms with van der Waals surface area (Å²) in [6, 6.07) is 5.46. The topological polar surface area (TPSA) is 55.1 Å². The van der Waals surface area contributed by atoms with Crippen molar-refractivity contribution in [3.05, 3.63) is 29.6 Å². The quantitative estimate of drug-likeness (QED) is 0.923. The zero-order valence-electron chi connectivity index (χ0n) is 12.8. The van der Waals surface area contributed by atoms with Crippen LogP contribution in [0.4, 0.5) is 0 Å². The van der Waals surface area contributed by atoms with Crippen LogP contribution in [0.1, 0.15) is 56.8 Å². The van der Waals surface area contributed by atoms with Gasteiger partial charge in [0.2, 0.25) is 0 Å². The highest BCUT2D eigenvalue weighted by Gasteiger charge is 2.27. The fourth-order valence-electron chi connectivity index (χ4n) is 2.42. The minimum Gasteiger partial charge on any atom is -0.478 e. The van der Waals surface area contributed by atoms with Crippen LogP contribution in [0.25, 0.3) is 11.0 Å². The molecule has 0 amide bonds. The molecule has 2 aromatic rings. The van der Waals surface area contributed by atoms with Gasteiger partial charge in [-0.25, -0.2) is 9.78 Å². The van der Waals surface area contributed by atoms with Crippen LogP contribution in [0.2, 0.25) is 0 Å². The van der Waals surface area contributed by atoms with Gasteiger partial charge in [0.1, 0.15) is 5.82 Å². The van der Waals surface area contributed by atoms with Crippen molar-refractivity contribution >= 4 is 17.0 Å². The Morgan fingerprint density at radius 1 is 1.40 bits per heavy atom. The first-order chi connectivity index (χ1) is 9.27. The number of para-hydroxylation sites is 1. The van der Waals surface area contributed by atoms with Crippen LogP contribution in [0.5, 0.6) is 0 Å². The molecule has 0 bridgehead atoms. The Bertz CT molecular complexity index is 650. The Morgan fingerprint density at radius 3 is 2.55 bits per heavy atom. The molecular weight excluding hydrogens is 252 g/mol. The molecule has 1 aromatic carbocycles. The van der Waals surface area contributed by atoms with Crippen LogP contribution in [-0.4, -0.2) is 20.6 Å². The van der Waals surface area contributed by atoms with Gasteiger partial charge in [-0.2, -0.15) is 0 Å². The molecule has 1 heterocycles. The highest BCUT2D eigenvalue weighted by molar-refractivity contribution is 6.01. The number of hydrogen-bond acceptors (Lipinski definition) is 2. The lowest BCUT2D eigenvalue weighted by Crippen LogP contribution is -2.23. The van der Waals surface area contributed by atoms with E-state index in [0.717, 1.165) is 23.3 Å². The van der Waals surface area contributed by atoms with Crippen LogP contribution in [0.15, 0.2) is 18.2 Å². The molecule has 0 aliphatic rings. The van der Waals surface area contributed by atoms with E-state index < -0.39 is 5.97 Å². The minimum absolute atomic E-state index is 0.0309. The first kappa shape index (κ1) is 14.6. The summed E-state index contributed by atoms with van der Waals surface area (Å²) in [7, 11) is 0. The van der Waals surface area contributed by atoms with E-state index in [0.29, 0.717) is 5.56 Å². The van der Waals surface area contributed by atoms with E-state index in [9.17, 15) is 9.90 Å². The molecule has 20 heavy (non-hydrogen) atoms. The highest BCUT2D eigenvalue weighted by atomic mass is 16.4. The SMILES string of the molecule is CCc1nc2cccc(C(=O)O)c2n1C(C)C(C)(C)C. The molecular formula is C16H22N2O2. The fraction of sp³-hybridized carbons (Fsp3) is 0.500. The number of carboxylic acid groups (broad SMARTS) is 1. The van der Waals surface area contributed by atoms with Crippen LogP contribution in [0, 0.1) is 5.41 Å². The van der Waals surface area contributed by atoms with Crippen molar-refractivity contribution in [2.45, 2.75) is 47.1 Å². The van der Waals surface area contributed by atoms with Crippen LogP contribution in [0.3, 0.4) is 0 Å². The molecule has 0 aliphatic carbocycles. The molecule has 108 valence electrons. The Morgan fingerprint density at radius 2 is 2.05 bits per heavy atom. The lowest BCUT2D eigenvalue weighted by atomic mass is 9.87. The highest BCUT2D eigenvalue weighted by Crippen LogP contribution is 2.35. The zero-order valence-corrected chi connectivity index (χ0v) is 12.8. The number of carboxylic acids is 1. The normalized spacial score (nSPS) is 13.7. The average Bonchev–Trinajstić information content (AvgIpc) is 2.74. The molecule has 1 atom stereocenters. The Labute approximate surface area is 119 Å². The fourth-order valence-corrected chi connectivity index (χ4v) is 2.42. The summed E-state index contributed by atoms with van der Waals surface area (Å²) in [5, 5.41) is 9.43. The molecule has 1 N–H and O–H groups in total. The van der Waals surface area contributed by atoms with Gasteiger partial charge in [-0.1, -0.05) is 33.8 Å². The molecule has 4 nitrogen and oxygen atoms in total. The monoisotopic (exact) mass is 274 g/mol. The van der Waals surface area contributed by atoms with E-state index in [2.05, 4.69) is 37.2 Å². The van der Waals surface area contributed by atoms with Crippen molar-refractivity contribution in [1.29, 1.82) is 0 Å². The number of imidazole rings is 1. The molecule has 0 radical (unpaired) electrons. The molecule has 0 saturated heterocycles. The third-order valence-electron chi connectivity index (χ3n) is 3.97. The molecule has 1 unspecified atom stereocenters. The van der Waals surface area contributed by atoms with E-state index >= 15 is 0 Å². The van der Waals surface area contributed by atoms with Crippen molar-refractivity contribution < 1.29 is 9.90 Å². The second-order valence-corrected chi connectivity index (χ2v) is 6.27. The van der Waals surface area contributed by atoms with Gasteiger partial charge in [0.15, 0.2) is 0 Å². The van der Waals surface area contributed by atoms with Gasteiger partial charge in [0.05, 0.1) is 16.6 Å². The summed E-state index contributed by atoms with van der Waals surface area (Å²) in [6.45, 7) is 10.7. The third kappa shape index (κ3) is 2.30. The minimum atomic E-state index is -0.902. The van der Waals surface area contributed by atoms with Crippen molar-refractivity contribution in [3.63, 3.8) is 0 Å². The molecule has 0 saturated carbocycles. The third-order valence-corrected chi connectivity index (χ3v) is 3.97. The maximum atomic E-state index is 11.5. The molecule has 0 aliphatic heterocycles. The van der Waals surface area contributed by atoms with Gasteiger partial charge in [-0.05, 0) is 24.5 Å². The van der Waals surface area contributed by atoms with Gasteiger partial charge in [-0.3, -0.25) is 0 Å². The molecule has 1 aromatic heterocycles. The largest absolute Gasteiger partial charge is 0.478 e.